The van der Waals surface area contributed by atoms with Crippen LogP contribution in [0.4, 0.5) is 0 Å². The fraction of sp³-hybridized carbons (Fsp3) is 0. The highest BCUT2D eigenvalue weighted by Gasteiger charge is 2.25. The molecule has 4 heteroatoms. The molecule has 10 aromatic rings. The lowest BCUT2D eigenvalue weighted by Gasteiger charge is -2.13. The van der Waals surface area contributed by atoms with Crippen molar-refractivity contribution in [3.63, 3.8) is 0 Å². The fourth-order valence-corrected chi connectivity index (χ4v) is 7.05. The number of nitrogens with zero attached hydrogens (tertiary/aromatic N) is 4. The Hall–Kier alpha value is -5.61. The number of para-hydroxylation sites is 1. The molecule has 0 saturated heterocycles. The second-order valence-corrected chi connectivity index (χ2v) is 10.8. The van der Waals surface area contributed by atoms with Gasteiger partial charge in [-0.3, -0.25) is 9.55 Å². The topological polar surface area (TPSA) is 43.6 Å². The van der Waals surface area contributed by atoms with Crippen LogP contribution in [0, 0.1) is 0 Å². The van der Waals surface area contributed by atoms with E-state index in [4.69, 9.17) is 15.0 Å². The van der Waals surface area contributed by atoms with E-state index in [-0.39, 0.29) is 0 Å². The van der Waals surface area contributed by atoms with Crippen molar-refractivity contribution in [1.82, 2.24) is 19.5 Å². The van der Waals surface area contributed by atoms with Gasteiger partial charge in [0.1, 0.15) is 0 Å². The highest BCUT2D eigenvalue weighted by atomic mass is 15.2. The summed E-state index contributed by atoms with van der Waals surface area (Å²) in [5.74, 6) is 0.657. The molecule has 0 saturated carbocycles. The van der Waals surface area contributed by atoms with Crippen LogP contribution in [-0.4, -0.2) is 19.5 Å². The van der Waals surface area contributed by atoms with E-state index in [1.54, 1.807) is 0 Å². The Morgan fingerprint density at radius 1 is 0.512 bits per heavy atom. The highest BCUT2D eigenvalue weighted by Crippen LogP contribution is 2.48. The summed E-state index contributed by atoms with van der Waals surface area (Å²) in [5, 5.41) is 12.2. The summed E-state index contributed by atoms with van der Waals surface area (Å²) in [4.78, 5) is 15.5. The van der Waals surface area contributed by atoms with Crippen molar-refractivity contribution in [1.29, 1.82) is 0 Å². The maximum absolute atomic E-state index is 5.31. The number of benzene rings is 7. The van der Waals surface area contributed by atoms with Crippen LogP contribution in [0.2, 0.25) is 0 Å². The minimum absolute atomic E-state index is 0.657. The van der Waals surface area contributed by atoms with Gasteiger partial charge < -0.3 is 0 Å². The molecule has 0 radical (unpaired) electrons. The van der Waals surface area contributed by atoms with Gasteiger partial charge >= 0.3 is 0 Å². The van der Waals surface area contributed by atoms with Crippen molar-refractivity contribution in [3.8, 4) is 17.2 Å². The van der Waals surface area contributed by atoms with Gasteiger partial charge in [-0.15, -0.1) is 0 Å². The number of rotatable bonds is 2. The molecule has 3 heterocycles. The third-order valence-corrected chi connectivity index (χ3v) is 8.72. The van der Waals surface area contributed by atoms with Gasteiger partial charge in [0.25, 0.3) is 0 Å². The lowest BCUT2D eigenvalue weighted by molar-refractivity contribution is 1.02. The third-order valence-electron chi connectivity index (χ3n) is 8.72. The van der Waals surface area contributed by atoms with Gasteiger partial charge in [0.2, 0.25) is 5.95 Å². The Balaban J connectivity index is 1.49. The molecular formula is C37H20N4. The van der Waals surface area contributed by atoms with Gasteiger partial charge in [-0.1, -0.05) is 91.0 Å². The minimum Gasteiger partial charge on any atom is -0.276 e. The fourth-order valence-electron chi connectivity index (χ4n) is 7.05. The summed E-state index contributed by atoms with van der Waals surface area (Å²) in [6.45, 7) is 0. The molecule has 0 N–H and O–H groups in total. The van der Waals surface area contributed by atoms with Crippen LogP contribution in [-0.2, 0) is 0 Å². The second-order valence-electron chi connectivity index (χ2n) is 10.8. The van der Waals surface area contributed by atoms with Gasteiger partial charge in [0.15, 0.2) is 0 Å². The van der Waals surface area contributed by atoms with E-state index in [2.05, 4.69) is 102 Å². The summed E-state index contributed by atoms with van der Waals surface area (Å²) < 4.78 is 2.26. The largest absolute Gasteiger partial charge is 0.276 e. The van der Waals surface area contributed by atoms with Crippen LogP contribution in [0.1, 0.15) is 0 Å². The van der Waals surface area contributed by atoms with Gasteiger partial charge in [0, 0.05) is 38.7 Å². The van der Waals surface area contributed by atoms with Gasteiger partial charge in [-0.2, -0.15) is 0 Å². The first-order valence-corrected chi connectivity index (χ1v) is 13.9. The Morgan fingerprint density at radius 3 is 2.22 bits per heavy atom. The van der Waals surface area contributed by atoms with Crippen LogP contribution in [0.3, 0.4) is 0 Å². The minimum atomic E-state index is 0.657. The first kappa shape index (κ1) is 21.2. The number of aromatic nitrogens is 4. The molecule has 0 unspecified atom stereocenters. The molecular weight excluding hydrogens is 500 g/mol. The molecule has 0 amide bonds. The normalized spacial score (nSPS) is 12.4. The average molecular weight is 521 g/mol. The van der Waals surface area contributed by atoms with Crippen molar-refractivity contribution in [2.24, 2.45) is 0 Å². The van der Waals surface area contributed by atoms with Gasteiger partial charge in [0.05, 0.1) is 27.8 Å². The lowest BCUT2D eigenvalue weighted by Crippen LogP contribution is -2.04. The maximum atomic E-state index is 5.31. The number of fused-ring (bicyclic) bond motifs is 4. The zero-order chi connectivity index (χ0) is 26.7. The SMILES string of the molecule is c1ccc(-c2nc(-n3c4ccc5ccc6cccc7c8cc9cccnc9c3c8c4c5c67)nc3ccccc23)cc1. The van der Waals surface area contributed by atoms with Crippen molar-refractivity contribution in [2.45, 2.75) is 0 Å². The van der Waals surface area contributed by atoms with Crippen molar-refractivity contribution in [3.05, 3.63) is 121 Å². The summed E-state index contributed by atoms with van der Waals surface area (Å²) >= 11 is 0. The molecule has 7 aromatic carbocycles. The van der Waals surface area contributed by atoms with E-state index in [1.807, 2.05) is 24.4 Å². The quantitative estimate of drug-likeness (QED) is 0.168. The summed E-state index contributed by atoms with van der Waals surface area (Å²) in [7, 11) is 0. The Morgan fingerprint density at radius 2 is 1.29 bits per heavy atom. The molecule has 0 bridgehead atoms. The zero-order valence-corrected chi connectivity index (χ0v) is 21.8. The predicted molar refractivity (Wildman–Crippen MR) is 170 cm³/mol. The molecule has 4 nitrogen and oxygen atoms in total. The Bertz CT molecular complexity index is 2630. The lowest BCUT2D eigenvalue weighted by atomic mass is 9.89. The zero-order valence-electron chi connectivity index (χ0n) is 21.8. The van der Waals surface area contributed by atoms with E-state index < -0.39 is 0 Å². The molecule has 0 atom stereocenters. The summed E-state index contributed by atoms with van der Waals surface area (Å²) in [5.41, 5.74) is 6.03. The molecule has 188 valence electrons. The van der Waals surface area contributed by atoms with Crippen LogP contribution in [0.25, 0.3) is 93.1 Å². The first-order valence-electron chi connectivity index (χ1n) is 13.9. The van der Waals surface area contributed by atoms with Crippen molar-refractivity contribution >= 4 is 75.9 Å². The van der Waals surface area contributed by atoms with Crippen LogP contribution in [0.15, 0.2) is 121 Å². The standard InChI is InChI=1S/C37H20N4/c1-2-8-23(9-3-1)34-26-12-4-5-14-28(26)39-37(40-34)41-29-18-17-22-16-15-21-10-6-13-25-27-20-24-11-7-19-38-35(24)36(41)32(27)33(29)31(22)30(21)25/h1-20H. The van der Waals surface area contributed by atoms with E-state index >= 15 is 0 Å². The molecule has 10 rings (SSSR count). The molecule has 0 aliphatic heterocycles. The maximum Gasteiger partial charge on any atom is 0.235 e. The number of hydrogen-bond donors (Lipinski definition) is 0. The van der Waals surface area contributed by atoms with Gasteiger partial charge in [-0.05, 0) is 51.2 Å². The summed E-state index contributed by atoms with van der Waals surface area (Å²) in [6, 6.07) is 40.8. The average Bonchev–Trinajstić information content (AvgIpc) is 3.40. The third kappa shape index (κ3) is 2.66. The second kappa shape index (κ2) is 7.52. The molecule has 3 aromatic heterocycles. The Labute approximate surface area is 233 Å². The monoisotopic (exact) mass is 520 g/mol. The van der Waals surface area contributed by atoms with Crippen LogP contribution < -0.4 is 0 Å². The van der Waals surface area contributed by atoms with E-state index in [0.717, 1.165) is 44.1 Å². The van der Waals surface area contributed by atoms with Crippen LogP contribution in [0.5, 0.6) is 0 Å². The number of pyridine rings is 1. The molecule has 0 aliphatic rings. The van der Waals surface area contributed by atoms with Crippen LogP contribution >= 0.6 is 0 Å². The highest BCUT2D eigenvalue weighted by molar-refractivity contribution is 6.42. The number of hydrogen-bond acceptors (Lipinski definition) is 3. The Kier molecular flexibility index (Phi) is 3.90. The summed E-state index contributed by atoms with van der Waals surface area (Å²) in [6.07, 6.45) is 1.89. The molecule has 0 fully saturated rings. The molecule has 0 aliphatic carbocycles. The molecule has 41 heavy (non-hydrogen) atoms. The van der Waals surface area contributed by atoms with E-state index in [9.17, 15) is 0 Å². The smallest absolute Gasteiger partial charge is 0.235 e. The van der Waals surface area contributed by atoms with Crippen molar-refractivity contribution < 1.29 is 0 Å². The first-order chi connectivity index (χ1) is 20.3. The van der Waals surface area contributed by atoms with E-state index in [1.165, 1.54) is 43.1 Å². The van der Waals surface area contributed by atoms with E-state index in [0.29, 0.717) is 5.95 Å². The van der Waals surface area contributed by atoms with Crippen molar-refractivity contribution in [2.75, 3.05) is 0 Å². The predicted octanol–water partition coefficient (Wildman–Crippen LogP) is 9.28. The van der Waals surface area contributed by atoms with Gasteiger partial charge in [-0.25, -0.2) is 9.97 Å². The molecule has 0 spiro atoms.